The molecular weight excluding hydrogens is 600 g/mol. The zero-order valence-corrected chi connectivity index (χ0v) is 22.7. The lowest BCUT2D eigenvalue weighted by atomic mass is 9.81. The van der Waals surface area contributed by atoms with Crippen molar-refractivity contribution in [1.29, 1.82) is 0 Å². The second-order valence-electron chi connectivity index (χ2n) is 9.30. The molecule has 0 N–H and O–H groups in total. The number of hydrogen-bond donors (Lipinski definition) is 0. The molecule has 1 heterocycles. The Balaban J connectivity index is 1.58. The Morgan fingerprint density at radius 2 is 1.49 bits per heavy atom. The van der Waals surface area contributed by atoms with E-state index < -0.39 is 35.6 Å². The minimum Gasteiger partial charge on any atom is -0.292 e. The minimum absolute atomic E-state index is 0.00629. The van der Waals surface area contributed by atoms with Gasteiger partial charge in [-0.25, -0.2) is 5.01 Å². The SMILES string of the molecule is CC[C@H](C(=O)c1ccccc1)N(C(=O)c1ccc(Cl)cc1)N1C(=O)[C@@H]2[C@H]3C[C@@H]([C@@H](Br)[C@H]3Br)[C@H]2C1=O. The maximum Gasteiger partial charge on any atom is 0.273 e. The number of hydrazine groups is 1. The summed E-state index contributed by atoms with van der Waals surface area (Å²) >= 11 is 13.4. The van der Waals surface area contributed by atoms with Crippen LogP contribution in [0.4, 0.5) is 0 Å². The van der Waals surface area contributed by atoms with E-state index in [0.717, 1.165) is 16.4 Å². The summed E-state index contributed by atoms with van der Waals surface area (Å²) in [6.45, 7) is 1.77. The summed E-state index contributed by atoms with van der Waals surface area (Å²) in [5.74, 6) is -2.74. The molecule has 0 unspecified atom stereocenters. The maximum atomic E-state index is 13.9. The first-order valence-corrected chi connectivity index (χ1v) is 13.8. The molecule has 7 atom stereocenters. The lowest BCUT2D eigenvalue weighted by Gasteiger charge is -2.36. The molecule has 2 aromatic carbocycles. The highest BCUT2D eigenvalue weighted by atomic mass is 79.9. The average molecular weight is 623 g/mol. The number of imide groups is 1. The molecule has 2 aliphatic carbocycles. The van der Waals surface area contributed by atoms with Gasteiger partial charge in [0.25, 0.3) is 17.7 Å². The van der Waals surface area contributed by atoms with Crippen LogP contribution in [-0.2, 0) is 9.59 Å². The normalized spacial score (nSPS) is 29.9. The third-order valence-corrected chi connectivity index (χ3v) is 11.0. The Hall–Kier alpha value is -2.03. The number of amides is 3. The standard InChI is InChI=1S/C26H23Br2ClN2O4/c1-2-18(23(32)13-6-4-3-5-7-13)30(24(33)14-8-10-15(29)11-9-14)31-25(34)19-16-12-17(20(19)26(31)35)22(28)21(16)27/h3-11,16-22H,2,12H2,1H3/t16-,17-,18-,19-,20-,21-,22+/m1/s1. The van der Waals surface area contributed by atoms with Crippen molar-refractivity contribution in [3.05, 3.63) is 70.7 Å². The van der Waals surface area contributed by atoms with Crippen LogP contribution < -0.4 is 0 Å². The molecule has 6 nitrogen and oxygen atoms in total. The Labute approximate surface area is 225 Å². The number of hydrogen-bond acceptors (Lipinski definition) is 4. The molecule has 0 radical (unpaired) electrons. The van der Waals surface area contributed by atoms with Gasteiger partial charge >= 0.3 is 0 Å². The summed E-state index contributed by atoms with van der Waals surface area (Å²) in [5, 5.41) is 2.53. The second-order valence-corrected chi connectivity index (χ2v) is 11.9. The van der Waals surface area contributed by atoms with Gasteiger partial charge in [0.05, 0.1) is 11.8 Å². The van der Waals surface area contributed by atoms with Crippen LogP contribution in [0.25, 0.3) is 0 Å². The second kappa shape index (κ2) is 9.45. The number of carbonyl (C=O) groups excluding carboxylic acids is 4. The first-order chi connectivity index (χ1) is 16.8. The largest absolute Gasteiger partial charge is 0.292 e. The number of fused-ring (bicyclic) bond motifs is 5. The van der Waals surface area contributed by atoms with E-state index in [1.54, 1.807) is 49.4 Å². The lowest BCUT2D eigenvalue weighted by Crippen LogP contribution is -2.57. The Morgan fingerprint density at radius 1 is 0.943 bits per heavy atom. The predicted molar refractivity (Wildman–Crippen MR) is 138 cm³/mol. The van der Waals surface area contributed by atoms with Crippen LogP contribution in [0, 0.1) is 23.7 Å². The highest BCUT2D eigenvalue weighted by molar-refractivity contribution is 9.12. The summed E-state index contributed by atoms with van der Waals surface area (Å²) in [5.41, 5.74) is 0.653. The average Bonchev–Trinajstić information content (AvgIpc) is 3.48. The van der Waals surface area contributed by atoms with Crippen molar-refractivity contribution < 1.29 is 19.2 Å². The predicted octanol–water partition coefficient (Wildman–Crippen LogP) is 5.14. The van der Waals surface area contributed by atoms with Crippen LogP contribution in [0.5, 0.6) is 0 Å². The zero-order valence-electron chi connectivity index (χ0n) is 18.8. The van der Waals surface area contributed by atoms with E-state index in [0.29, 0.717) is 10.6 Å². The van der Waals surface area contributed by atoms with Crippen LogP contribution in [0.1, 0.15) is 40.5 Å². The van der Waals surface area contributed by atoms with Gasteiger partial charge < -0.3 is 0 Å². The van der Waals surface area contributed by atoms with E-state index in [2.05, 4.69) is 31.9 Å². The molecule has 35 heavy (non-hydrogen) atoms. The number of Topliss-reactive ketones (excluding diaryl/α,β-unsaturated/α-hetero) is 1. The summed E-state index contributed by atoms with van der Waals surface area (Å²) in [6.07, 6.45) is 1.01. The number of halogens is 3. The lowest BCUT2D eigenvalue weighted by molar-refractivity contribution is -0.157. The van der Waals surface area contributed by atoms with E-state index in [9.17, 15) is 19.2 Å². The van der Waals surface area contributed by atoms with Gasteiger partial charge in [0.15, 0.2) is 5.78 Å². The van der Waals surface area contributed by atoms with Crippen molar-refractivity contribution >= 4 is 67.0 Å². The Bertz CT molecular complexity index is 1160. The van der Waals surface area contributed by atoms with Gasteiger partial charge in [0, 0.05) is 25.8 Å². The molecule has 3 aliphatic rings. The molecule has 182 valence electrons. The molecule has 3 fully saturated rings. The van der Waals surface area contributed by atoms with Gasteiger partial charge in [-0.1, -0.05) is 80.7 Å². The minimum atomic E-state index is -1.02. The fourth-order valence-electron chi connectivity index (χ4n) is 5.91. The highest BCUT2D eigenvalue weighted by Gasteiger charge is 2.68. The summed E-state index contributed by atoms with van der Waals surface area (Å²) in [4.78, 5) is 55.2. The first kappa shape index (κ1) is 24.7. The van der Waals surface area contributed by atoms with Gasteiger partial charge in [-0.05, 0) is 48.9 Å². The summed E-state index contributed by atoms with van der Waals surface area (Å²) in [7, 11) is 0. The molecular formula is C26H23Br2ClN2O4. The van der Waals surface area contributed by atoms with Crippen molar-refractivity contribution in [2.75, 3.05) is 0 Å². The summed E-state index contributed by atoms with van der Waals surface area (Å²) in [6, 6.07) is 13.8. The molecule has 0 aromatic heterocycles. The molecule has 5 rings (SSSR count). The number of benzene rings is 2. The van der Waals surface area contributed by atoms with Crippen molar-refractivity contribution in [3.8, 4) is 0 Å². The van der Waals surface area contributed by atoms with Gasteiger partial charge in [-0.15, -0.1) is 0 Å². The number of rotatable bonds is 6. The number of nitrogens with zero attached hydrogens (tertiary/aromatic N) is 2. The van der Waals surface area contributed by atoms with Crippen LogP contribution in [-0.4, -0.2) is 49.2 Å². The van der Waals surface area contributed by atoms with Crippen LogP contribution >= 0.6 is 43.5 Å². The topological polar surface area (TPSA) is 74.8 Å². The molecule has 1 aliphatic heterocycles. The fraction of sp³-hybridized carbons (Fsp3) is 0.385. The van der Waals surface area contributed by atoms with Crippen LogP contribution in [0.15, 0.2) is 54.6 Å². The molecule has 1 saturated heterocycles. The third-order valence-electron chi connectivity index (χ3n) is 7.52. The van der Waals surface area contributed by atoms with E-state index in [1.165, 1.54) is 12.1 Å². The monoisotopic (exact) mass is 620 g/mol. The van der Waals surface area contributed by atoms with E-state index >= 15 is 0 Å². The van der Waals surface area contributed by atoms with Gasteiger partial charge in [0.1, 0.15) is 6.04 Å². The van der Waals surface area contributed by atoms with E-state index in [1.807, 2.05) is 0 Å². The zero-order chi connectivity index (χ0) is 25.0. The molecule has 3 amide bonds. The van der Waals surface area contributed by atoms with Gasteiger partial charge in [0.2, 0.25) is 0 Å². The molecule has 9 heteroatoms. The smallest absolute Gasteiger partial charge is 0.273 e. The number of alkyl halides is 2. The Morgan fingerprint density at radius 3 is 2.00 bits per heavy atom. The summed E-state index contributed by atoms with van der Waals surface area (Å²) < 4.78 is 0. The van der Waals surface area contributed by atoms with Crippen LogP contribution in [0.2, 0.25) is 5.02 Å². The molecule has 2 bridgehead atoms. The molecule has 0 spiro atoms. The number of carbonyl (C=O) groups is 4. The highest BCUT2D eigenvalue weighted by Crippen LogP contribution is 2.60. The quantitative estimate of drug-likeness (QED) is 0.254. The fourth-order valence-corrected chi connectivity index (χ4v) is 7.91. The van der Waals surface area contributed by atoms with Crippen molar-refractivity contribution in [1.82, 2.24) is 10.0 Å². The van der Waals surface area contributed by atoms with Gasteiger partial charge in [-0.2, -0.15) is 5.01 Å². The Kier molecular flexibility index (Phi) is 6.66. The van der Waals surface area contributed by atoms with Crippen molar-refractivity contribution in [2.45, 2.75) is 35.5 Å². The van der Waals surface area contributed by atoms with E-state index in [4.69, 9.17) is 11.6 Å². The van der Waals surface area contributed by atoms with Crippen molar-refractivity contribution in [3.63, 3.8) is 0 Å². The molecule has 2 saturated carbocycles. The van der Waals surface area contributed by atoms with Crippen LogP contribution in [0.3, 0.4) is 0 Å². The van der Waals surface area contributed by atoms with Crippen molar-refractivity contribution in [2.24, 2.45) is 23.7 Å². The van der Waals surface area contributed by atoms with Gasteiger partial charge in [-0.3, -0.25) is 19.2 Å². The number of ketones is 1. The first-order valence-electron chi connectivity index (χ1n) is 11.6. The third kappa shape index (κ3) is 3.89. The molecule has 2 aromatic rings. The maximum absolute atomic E-state index is 13.9. The van der Waals surface area contributed by atoms with E-state index in [-0.39, 0.29) is 39.3 Å².